The van der Waals surface area contributed by atoms with Crippen LogP contribution in [0.4, 0.5) is 5.82 Å². The van der Waals surface area contributed by atoms with E-state index in [4.69, 9.17) is 0 Å². The van der Waals surface area contributed by atoms with E-state index in [2.05, 4.69) is 28.6 Å². The fraction of sp³-hybridized carbons (Fsp3) is 0.545. The molecule has 0 fully saturated rings. The third kappa shape index (κ3) is 2.68. The summed E-state index contributed by atoms with van der Waals surface area (Å²) >= 11 is 0. The van der Waals surface area contributed by atoms with Gasteiger partial charge in [-0.3, -0.25) is 0 Å². The molecule has 0 amide bonds. The Labute approximate surface area is 95.5 Å². The van der Waals surface area contributed by atoms with Crippen LogP contribution in [-0.4, -0.2) is 36.1 Å². The van der Waals surface area contributed by atoms with E-state index >= 15 is 0 Å². The van der Waals surface area contributed by atoms with Gasteiger partial charge >= 0.3 is 5.97 Å². The Kier molecular flexibility index (Phi) is 4.22. The van der Waals surface area contributed by atoms with Gasteiger partial charge < -0.3 is 9.64 Å². The molecule has 1 heterocycles. The predicted molar refractivity (Wildman–Crippen MR) is 61.5 cm³/mol. The lowest BCUT2D eigenvalue weighted by molar-refractivity contribution is 0.0593. The molecule has 5 nitrogen and oxygen atoms in total. The molecule has 0 aliphatic heterocycles. The van der Waals surface area contributed by atoms with Crippen molar-refractivity contribution in [3.05, 3.63) is 18.1 Å². The number of aromatic nitrogens is 2. The molecular weight excluding hydrogens is 206 g/mol. The van der Waals surface area contributed by atoms with Gasteiger partial charge in [-0.15, -0.1) is 0 Å². The molecular formula is C11H17N3O2. The first-order valence-electron chi connectivity index (χ1n) is 5.23. The molecule has 1 unspecified atom stereocenters. The Morgan fingerprint density at radius 1 is 1.50 bits per heavy atom. The fourth-order valence-corrected chi connectivity index (χ4v) is 1.21. The van der Waals surface area contributed by atoms with Gasteiger partial charge in [0.1, 0.15) is 5.82 Å². The van der Waals surface area contributed by atoms with Crippen LogP contribution >= 0.6 is 0 Å². The second kappa shape index (κ2) is 5.44. The van der Waals surface area contributed by atoms with Crippen LogP contribution < -0.4 is 4.90 Å². The van der Waals surface area contributed by atoms with E-state index in [-0.39, 0.29) is 5.69 Å². The van der Waals surface area contributed by atoms with Gasteiger partial charge in [0.05, 0.1) is 19.5 Å². The van der Waals surface area contributed by atoms with Crippen LogP contribution in [0.2, 0.25) is 0 Å². The smallest absolute Gasteiger partial charge is 0.358 e. The van der Waals surface area contributed by atoms with Crippen LogP contribution in [0.5, 0.6) is 0 Å². The molecule has 0 bridgehead atoms. The first kappa shape index (κ1) is 12.4. The first-order valence-corrected chi connectivity index (χ1v) is 5.23. The Morgan fingerprint density at radius 3 is 2.62 bits per heavy atom. The van der Waals surface area contributed by atoms with E-state index in [1.165, 1.54) is 13.3 Å². The Balaban J connectivity index is 2.82. The molecule has 1 rings (SSSR count). The first-order chi connectivity index (χ1) is 7.60. The predicted octanol–water partition coefficient (Wildman–Crippen LogP) is 1.50. The highest BCUT2D eigenvalue weighted by atomic mass is 16.5. The number of carbonyl (C=O) groups is 1. The number of rotatable bonds is 4. The number of hydrogen-bond donors (Lipinski definition) is 0. The normalized spacial score (nSPS) is 12.0. The lowest BCUT2D eigenvalue weighted by Gasteiger charge is -2.24. The SMILES string of the molecule is CCC(C)N(C)c1cnc(C(=O)OC)cn1. The van der Waals surface area contributed by atoms with Crippen LogP contribution in [0.15, 0.2) is 12.4 Å². The summed E-state index contributed by atoms with van der Waals surface area (Å²) in [7, 11) is 3.28. The van der Waals surface area contributed by atoms with Crippen molar-refractivity contribution in [3.63, 3.8) is 0 Å². The second-order valence-electron chi connectivity index (χ2n) is 3.62. The number of esters is 1. The number of methoxy groups -OCH3 is 1. The molecule has 5 heteroatoms. The lowest BCUT2D eigenvalue weighted by atomic mass is 10.2. The van der Waals surface area contributed by atoms with E-state index < -0.39 is 5.97 Å². The summed E-state index contributed by atoms with van der Waals surface area (Å²) in [6.45, 7) is 4.22. The summed E-state index contributed by atoms with van der Waals surface area (Å²) < 4.78 is 4.55. The summed E-state index contributed by atoms with van der Waals surface area (Å²) in [5.41, 5.74) is 0.226. The zero-order chi connectivity index (χ0) is 12.1. The highest BCUT2D eigenvalue weighted by Gasteiger charge is 2.12. The number of hydrogen-bond acceptors (Lipinski definition) is 5. The van der Waals surface area contributed by atoms with Crippen LogP contribution in [0.3, 0.4) is 0 Å². The molecule has 0 aliphatic rings. The molecule has 0 radical (unpaired) electrons. The van der Waals surface area contributed by atoms with Gasteiger partial charge in [-0.2, -0.15) is 0 Å². The van der Waals surface area contributed by atoms with Gasteiger partial charge in [0.2, 0.25) is 0 Å². The number of ether oxygens (including phenoxy) is 1. The molecule has 88 valence electrons. The molecule has 0 spiro atoms. The molecule has 1 aromatic rings. The minimum absolute atomic E-state index is 0.226. The molecule has 0 N–H and O–H groups in total. The topological polar surface area (TPSA) is 55.3 Å². The van der Waals surface area contributed by atoms with Gasteiger partial charge in [-0.25, -0.2) is 14.8 Å². The number of anilines is 1. The summed E-state index contributed by atoms with van der Waals surface area (Å²) in [5.74, 6) is 0.284. The molecule has 0 aromatic carbocycles. The van der Waals surface area contributed by atoms with E-state index in [1.807, 2.05) is 11.9 Å². The molecule has 0 saturated carbocycles. The minimum atomic E-state index is -0.467. The van der Waals surface area contributed by atoms with Gasteiger partial charge in [0, 0.05) is 13.1 Å². The van der Waals surface area contributed by atoms with Crippen LogP contribution in [0.1, 0.15) is 30.8 Å². The summed E-state index contributed by atoms with van der Waals surface area (Å²) in [5, 5.41) is 0. The maximum absolute atomic E-state index is 11.1. The maximum atomic E-state index is 11.1. The average molecular weight is 223 g/mol. The largest absolute Gasteiger partial charge is 0.464 e. The van der Waals surface area contributed by atoms with E-state index in [0.717, 1.165) is 12.2 Å². The molecule has 1 atom stereocenters. The lowest BCUT2D eigenvalue weighted by Crippen LogP contribution is -2.29. The summed E-state index contributed by atoms with van der Waals surface area (Å²) in [6, 6.07) is 0.387. The quantitative estimate of drug-likeness (QED) is 0.724. The summed E-state index contributed by atoms with van der Waals surface area (Å²) in [4.78, 5) is 21.4. The molecule has 16 heavy (non-hydrogen) atoms. The Morgan fingerprint density at radius 2 is 2.19 bits per heavy atom. The van der Waals surface area contributed by atoms with Gasteiger partial charge in [-0.05, 0) is 13.3 Å². The highest BCUT2D eigenvalue weighted by molar-refractivity contribution is 5.86. The van der Waals surface area contributed by atoms with Crippen LogP contribution in [0.25, 0.3) is 0 Å². The van der Waals surface area contributed by atoms with Gasteiger partial charge in [0.25, 0.3) is 0 Å². The van der Waals surface area contributed by atoms with Crippen molar-refractivity contribution in [2.75, 3.05) is 19.1 Å². The average Bonchev–Trinajstić information content (AvgIpc) is 2.36. The number of carbonyl (C=O) groups excluding carboxylic acids is 1. The third-order valence-corrected chi connectivity index (χ3v) is 2.65. The van der Waals surface area contributed by atoms with Gasteiger partial charge in [-0.1, -0.05) is 6.92 Å². The minimum Gasteiger partial charge on any atom is -0.464 e. The fourth-order valence-electron chi connectivity index (χ4n) is 1.21. The van der Waals surface area contributed by atoms with Crippen molar-refractivity contribution in [1.82, 2.24) is 9.97 Å². The van der Waals surface area contributed by atoms with E-state index in [0.29, 0.717) is 6.04 Å². The Bertz CT molecular complexity index is 351. The molecule has 0 aliphatic carbocycles. The molecule has 0 saturated heterocycles. The zero-order valence-electron chi connectivity index (χ0n) is 10.1. The van der Waals surface area contributed by atoms with Crippen molar-refractivity contribution in [1.29, 1.82) is 0 Å². The van der Waals surface area contributed by atoms with Crippen LogP contribution in [-0.2, 0) is 4.74 Å². The van der Waals surface area contributed by atoms with Crippen molar-refractivity contribution < 1.29 is 9.53 Å². The monoisotopic (exact) mass is 223 g/mol. The van der Waals surface area contributed by atoms with Crippen LogP contribution in [0, 0.1) is 0 Å². The summed E-state index contributed by atoms with van der Waals surface area (Å²) in [6.07, 6.45) is 4.04. The Hall–Kier alpha value is -1.65. The van der Waals surface area contributed by atoms with Gasteiger partial charge in [0.15, 0.2) is 5.69 Å². The standard InChI is InChI=1S/C11H17N3O2/c1-5-8(2)14(3)10-7-12-9(6-13-10)11(15)16-4/h6-8H,5H2,1-4H3. The third-order valence-electron chi connectivity index (χ3n) is 2.65. The zero-order valence-corrected chi connectivity index (χ0v) is 10.1. The second-order valence-corrected chi connectivity index (χ2v) is 3.62. The van der Waals surface area contributed by atoms with Crippen molar-refractivity contribution in [2.24, 2.45) is 0 Å². The highest BCUT2D eigenvalue weighted by Crippen LogP contribution is 2.12. The number of nitrogens with zero attached hydrogens (tertiary/aromatic N) is 3. The van der Waals surface area contributed by atoms with E-state index in [9.17, 15) is 4.79 Å². The van der Waals surface area contributed by atoms with E-state index in [1.54, 1.807) is 6.20 Å². The van der Waals surface area contributed by atoms with Crippen molar-refractivity contribution in [2.45, 2.75) is 26.3 Å². The molecule has 1 aromatic heterocycles. The van der Waals surface area contributed by atoms with Crippen molar-refractivity contribution >= 4 is 11.8 Å². The maximum Gasteiger partial charge on any atom is 0.358 e. The van der Waals surface area contributed by atoms with Crippen molar-refractivity contribution in [3.8, 4) is 0 Å².